The first-order valence-electron chi connectivity index (χ1n) is 6.36. The number of nitrogens with zero attached hydrogens (tertiary/aromatic N) is 2. The van der Waals surface area contributed by atoms with E-state index in [1.165, 1.54) is 0 Å². The third-order valence-corrected chi connectivity index (χ3v) is 2.80. The Balaban J connectivity index is 1.68. The average molecular weight is 283 g/mol. The van der Waals surface area contributed by atoms with Gasteiger partial charge in [0.1, 0.15) is 5.76 Å². The molecule has 0 saturated carbocycles. The number of carbonyl (C=O) groups is 1. The summed E-state index contributed by atoms with van der Waals surface area (Å²) in [5.41, 5.74) is 1.02. The molecule has 0 aliphatic heterocycles. The van der Waals surface area contributed by atoms with Crippen LogP contribution in [-0.4, -0.2) is 21.3 Å². The number of rotatable bonds is 5. The highest BCUT2D eigenvalue weighted by Crippen LogP contribution is 2.16. The average Bonchev–Trinajstić information content (AvgIpc) is 3.17. The number of para-hydroxylation sites is 1. The zero-order chi connectivity index (χ0) is 14.5. The summed E-state index contributed by atoms with van der Waals surface area (Å²) in [4.78, 5) is 12.1. The Labute approximate surface area is 120 Å². The van der Waals surface area contributed by atoms with Crippen LogP contribution in [0.5, 0.6) is 0 Å². The number of aromatic amines is 1. The summed E-state index contributed by atoms with van der Waals surface area (Å²) >= 11 is 0. The van der Waals surface area contributed by atoms with E-state index in [-0.39, 0.29) is 11.6 Å². The lowest BCUT2D eigenvalue weighted by atomic mass is 10.3. The Morgan fingerprint density at radius 2 is 2.00 bits per heavy atom. The Hall–Kier alpha value is -3.09. The van der Waals surface area contributed by atoms with Gasteiger partial charge in [-0.2, -0.15) is 5.21 Å². The van der Waals surface area contributed by atoms with Gasteiger partial charge in [0.25, 0.3) is 5.91 Å². The molecule has 0 unspecified atom stereocenters. The molecule has 3 N–H and O–H groups in total. The second-order valence-electron chi connectivity index (χ2n) is 4.27. The van der Waals surface area contributed by atoms with E-state index in [9.17, 15) is 4.79 Å². The van der Waals surface area contributed by atoms with E-state index in [1.807, 2.05) is 30.3 Å². The number of anilines is 2. The molecule has 3 aromatic rings. The fraction of sp³-hybridized carbons (Fsp3) is 0.0714. The number of hydrogen-bond acceptors (Lipinski definition) is 5. The van der Waals surface area contributed by atoms with Gasteiger partial charge in [-0.25, -0.2) is 0 Å². The molecule has 0 radical (unpaired) electrons. The minimum atomic E-state index is -0.335. The number of hydrogen-bond donors (Lipinski definition) is 3. The van der Waals surface area contributed by atoms with Crippen LogP contribution < -0.4 is 10.6 Å². The van der Waals surface area contributed by atoms with Crippen LogP contribution in [0.15, 0.2) is 53.1 Å². The maximum atomic E-state index is 12.1. The lowest BCUT2D eigenvalue weighted by Gasteiger charge is -2.05. The van der Waals surface area contributed by atoms with E-state index >= 15 is 0 Å². The third kappa shape index (κ3) is 3.08. The highest BCUT2D eigenvalue weighted by Gasteiger charge is 2.16. The lowest BCUT2D eigenvalue weighted by Crippen LogP contribution is -2.23. The minimum Gasteiger partial charge on any atom is -0.467 e. The maximum absolute atomic E-state index is 12.1. The SMILES string of the molecule is O=C(NCc1ccco1)c1n[nH]nc1Nc1ccccc1. The quantitative estimate of drug-likeness (QED) is 0.666. The summed E-state index contributed by atoms with van der Waals surface area (Å²) in [7, 11) is 0. The number of benzene rings is 1. The highest BCUT2D eigenvalue weighted by molar-refractivity contribution is 5.97. The molecule has 0 atom stereocenters. The van der Waals surface area contributed by atoms with Gasteiger partial charge in [0.05, 0.1) is 12.8 Å². The van der Waals surface area contributed by atoms with Crippen molar-refractivity contribution in [3.05, 3.63) is 60.2 Å². The van der Waals surface area contributed by atoms with Crippen LogP contribution in [0.25, 0.3) is 0 Å². The predicted octanol–water partition coefficient (Wildman–Crippen LogP) is 2.07. The first kappa shape index (κ1) is 12.9. The van der Waals surface area contributed by atoms with Crippen LogP contribution in [0.2, 0.25) is 0 Å². The summed E-state index contributed by atoms with van der Waals surface area (Å²) in [6, 6.07) is 13.0. The van der Waals surface area contributed by atoms with Crippen molar-refractivity contribution < 1.29 is 9.21 Å². The summed E-state index contributed by atoms with van der Waals surface area (Å²) in [5, 5.41) is 16.0. The summed E-state index contributed by atoms with van der Waals surface area (Å²) in [5.74, 6) is 0.709. The Morgan fingerprint density at radius 3 is 2.76 bits per heavy atom. The molecule has 1 aromatic carbocycles. The third-order valence-electron chi connectivity index (χ3n) is 2.80. The van der Waals surface area contributed by atoms with Gasteiger partial charge in [0.15, 0.2) is 11.5 Å². The van der Waals surface area contributed by atoms with Crippen LogP contribution in [0.1, 0.15) is 16.2 Å². The standard InChI is InChI=1S/C14H13N5O2/c20-14(15-9-11-7-4-8-21-11)12-13(18-19-17-12)16-10-5-2-1-3-6-10/h1-8H,9H2,(H,15,20)(H2,16,17,18,19). The molecule has 3 rings (SSSR count). The van der Waals surface area contributed by atoms with Crippen LogP contribution in [0.3, 0.4) is 0 Å². The molecule has 21 heavy (non-hydrogen) atoms. The van der Waals surface area contributed by atoms with E-state index in [1.54, 1.807) is 18.4 Å². The van der Waals surface area contributed by atoms with Crippen LogP contribution in [0.4, 0.5) is 11.5 Å². The first-order valence-corrected chi connectivity index (χ1v) is 6.36. The number of nitrogens with one attached hydrogen (secondary N) is 3. The molecular weight excluding hydrogens is 270 g/mol. The summed E-state index contributed by atoms with van der Waals surface area (Å²) in [6.07, 6.45) is 1.56. The summed E-state index contributed by atoms with van der Waals surface area (Å²) < 4.78 is 5.15. The number of carbonyl (C=O) groups excluding carboxylic acids is 1. The maximum Gasteiger partial charge on any atom is 0.276 e. The van der Waals surface area contributed by atoms with Gasteiger partial charge in [-0.15, -0.1) is 10.2 Å². The molecule has 0 aliphatic rings. The fourth-order valence-corrected chi connectivity index (χ4v) is 1.80. The second kappa shape index (κ2) is 5.91. The van der Waals surface area contributed by atoms with Gasteiger partial charge in [-0.05, 0) is 24.3 Å². The number of amides is 1. The molecule has 0 fully saturated rings. The number of furan rings is 1. The van der Waals surface area contributed by atoms with Gasteiger partial charge in [0.2, 0.25) is 0 Å². The normalized spacial score (nSPS) is 10.3. The smallest absolute Gasteiger partial charge is 0.276 e. The van der Waals surface area contributed by atoms with Crippen molar-refractivity contribution in [3.63, 3.8) is 0 Å². The van der Waals surface area contributed by atoms with Gasteiger partial charge in [-0.1, -0.05) is 18.2 Å². The molecule has 2 aromatic heterocycles. The van der Waals surface area contributed by atoms with E-state index in [0.29, 0.717) is 18.1 Å². The van der Waals surface area contributed by atoms with Crippen LogP contribution in [0, 0.1) is 0 Å². The van der Waals surface area contributed by atoms with Crippen LogP contribution >= 0.6 is 0 Å². The largest absolute Gasteiger partial charge is 0.467 e. The molecule has 106 valence electrons. The zero-order valence-corrected chi connectivity index (χ0v) is 11.0. The van der Waals surface area contributed by atoms with Crippen molar-refractivity contribution >= 4 is 17.4 Å². The molecule has 7 nitrogen and oxygen atoms in total. The lowest BCUT2D eigenvalue weighted by molar-refractivity contribution is 0.0944. The Kier molecular flexibility index (Phi) is 3.64. The number of aromatic nitrogens is 3. The van der Waals surface area contributed by atoms with E-state index < -0.39 is 0 Å². The number of H-pyrrole nitrogens is 1. The van der Waals surface area contributed by atoms with E-state index in [0.717, 1.165) is 5.69 Å². The van der Waals surface area contributed by atoms with E-state index in [2.05, 4.69) is 26.0 Å². The fourth-order valence-electron chi connectivity index (χ4n) is 1.80. The molecule has 0 aliphatic carbocycles. The van der Waals surface area contributed by atoms with Gasteiger partial charge in [0, 0.05) is 5.69 Å². The summed E-state index contributed by atoms with van der Waals surface area (Å²) in [6.45, 7) is 0.295. The first-order chi connectivity index (χ1) is 10.3. The molecule has 7 heteroatoms. The molecule has 0 bridgehead atoms. The van der Waals surface area contributed by atoms with Crippen molar-refractivity contribution in [1.29, 1.82) is 0 Å². The Morgan fingerprint density at radius 1 is 1.14 bits per heavy atom. The van der Waals surface area contributed by atoms with Gasteiger partial charge >= 0.3 is 0 Å². The minimum absolute atomic E-state index is 0.199. The molecule has 0 saturated heterocycles. The molecule has 1 amide bonds. The molecule has 2 heterocycles. The highest BCUT2D eigenvalue weighted by atomic mass is 16.3. The zero-order valence-electron chi connectivity index (χ0n) is 11.0. The topological polar surface area (TPSA) is 95.8 Å². The predicted molar refractivity (Wildman–Crippen MR) is 76.0 cm³/mol. The molecule has 0 spiro atoms. The van der Waals surface area contributed by atoms with Crippen molar-refractivity contribution in [2.75, 3.05) is 5.32 Å². The van der Waals surface area contributed by atoms with Crippen molar-refractivity contribution in [3.8, 4) is 0 Å². The van der Waals surface area contributed by atoms with Crippen LogP contribution in [-0.2, 0) is 6.54 Å². The Bertz CT molecular complexity index is 706. The van der Waals surface area contributed by atoms with Crippen molar-refractivity contribution in [2.24, 2.45) is 0 Å². The van der Waals surface area contributed by atoms with Crippen molar-refractivity contribution in [2.45, 2.75) is 6.54 Å². The van der Waals surface area contributed by atoms with Crippen molar-refractivity contribution in [1.82, 2.24) is 20.7 Å². The monoisotopic (exact) mass is 283 g/mol. The second-order valence-corrected chi connectivity index (χ2v) is 4.27. The van der Waals surface area contributed by atoms with Gasteiger partial charge in [-0.3, -0.25) is 4.79 Å². The van der Waals surface area contributed by atoms with E-state index in [4.69, 9.17) is 4.42 Å². The molecular formula is C14H13N5O2. The van der Waals surface area contributed by atoms with Gasteiger partial charge < -0.3 is 15.1 Å².